The molecule has 2 aromatic carbocycles. The van der Waals surface area contributed by atoms with Crippen LogP contribution in [0.1, 0.15) is 30.0 Å². The fourth-order valence-corrected chi connectivity index (χ4v) is 2.67. The minimum Gasteiger partial charge on any atom is -0.494 e. The molecule has 0 radical (unpaired) electrons. The average molecular weight is 418 g/mol. The number of hydrogen-bond donors (Lipinski definition) is 2. The first-order valence-corrected chi connectivity index (χ1v) is 9.55. The maximum Gasteiger partial charge on any atom is 0.352 e. The predicted octanol–water partition coefficient (Wildman–Crippen LogP) is 4.37. The Balaban J connectivity index is 2.05. The van der Waals surface area contributed by atoms with E-state index in [0.717, 1.165) is 17.5 Å². The summed E-state index contributed by atoms with van der Waals surface area (Å²) in [6.07, 6.45) is 2.23. The molecule has 7 heteroatoms. The summed E-state index contributed by atoms with van der Waals surface area (Å²) in [5.41, 5.74) is 2.01. The van der Waals surface area contributed by atoms with Crippen molar-refractivity contribution in [1.82, 2.24) is 5.32 Å². The summed E-state index contributed by atoms with van der Waals surface area (Å²) >= 11 is 6.12. The van der Waals surface area contributed by atoms with Crippen LogP contribution in [0.5, 0.6) is 11.5 Å². The van der Waals surface area contributed by atoms with E-state index in [4.69, 9.17) is 21.1 Å². The molecule has 0 aliphatic heterocycles. The second-order valence-corrected chi connectivity index (χ2v) is 6.87. The number of carbonyl (C=O) groups excluding carboxylic acids is 1. The third-order valence-corrected chi connectivity index (χ3v) is 4.52. The van der Waals surface area contributed by atoms with Gasteiger partial charge in [-0.2, -0.15) is 0 Å². The fraction of sp³-hybridized carbons (Fsp3) is 0.273. The van der Waals surface area contributed by atoms with Gasteiger partial charge in [-0.25, -0.2) is 4.79 Å². The number of aliphatic carboxylic acids is 1. The third-order valence-electron chi connectivity index (χ3n) is 3.93. The average Bonchev–Trinajstić information content (AvgIpc) is 2.68. The van der Waals surface area contributed by atoms with Crippen molar-refractivity contribution in [2.75, 3.05) is 13.2 Å². The molecule has 154 valence electrons. The van der Waals surface area contributed by atoms with Crippen LogP contribution in [-0.4, -0.2) is 30.2 Å². The Morgan fingerprint density at radius 2 is 1.79 bits per heavy atom. The number of carboxylic acid groups (broad SMARTS) is 1. The standard InChI is InChI=1S/C22H24ClNO5/c1-4-8-28-17-7-5-6-16(11-17)12-19(22(26)27)24-20(25)13-29-18-9-14(2)21(23)15(3)10-18/h5-7,9-12H,4,8,13H2,1-3H3,(H,24,25)(H,26,27)/b19-12+. The molecule has 1 amide bonds. The lowest BCUT2D eigenvalue weighted by Crippen LogP contribution is -2.31. The minimum absolute atomic E-state index is 0.255. The van der Waals surface area contributed by atoms with Gasteiger partial charge in [0.2, 0.25) is 0 Å². The molecule has 0 aromatic heterocycles. The zero-order chi connectivity index (χ0) is 21.4. The van der Waals surface area contributed by atoms with Crippen molar-refractivity contribution in [2.45, 2.75) is 27.2 Å². The summed E-state index contributed by atoms with van der Waals surface area (Å²) in [6, 6.07) is 10.4. The number of rotatable bonds is 9. The van der Waals surface area contributed by atoms with Gasteiger partial charge in [-0.3, -0.25) is 4.79 Å². The Kier molecular flexibility index (Phi) is 8.09. The molecule has 29 heavy (non-hydrogen) atoms. The first-order valence-electron chi connectivity index (χ1n) is 9.17. The number of aryl methyl sites for hydroxylation is 2. The smallest absolute Gasteiger partial charge is 0.352 e. The van der Waals surface area contributed by atoms with Crippen molar-refractivity contribution in [3.05, 3.63) is 63.8 Å². The van der Waals surface area contributed by atoms with Crippen LogP contribution in [-0.2, 0) is 9.59 Å². The third kappa shape index (κ3) is 6.84. The molecule has 0 atom stereocenters. The van der Waals surface area contributed by atoms with Crippen LogP contribution >= 0.6 is 11.6 Å². The number of ether oxygens (including phenoxy) is 2. The number of carboxylic acids is 1. The van der Waals surface area contributed by atoms with E-state index in [1.54, 1.807) is 36.4 Å². The number of benzene rings is 2. The molecule has 6 nitrogen and oxygen atoms in total. The van der Waals surface area contributed by atoms with Gasteiger partial charge in [-0.1, -0.05) is 30.7 Å². The van der Waals surface area contributed by atoms with E-state index in [2.05, 4.69) is 5.32 Å². The quantitative estimate of drug-likeness (QED) is 0.592. The van der Waals surface area contributed by atoms with Crippen LogP contribution in [0.2, 0.25) is 5.02 Å². The normalized spacial score (nSPS) is 11.1. The van der Waals surface area contributed by atoms with Gasteiger partial charge in [0, 0.05) is 5.02 Å². The molecular weight excluding hydrogens is 394 g/mol. The second kappa shape index (κ2) is 10.5. The van der Waals surface area contributed by atoms with Crippen molar-refractivity contribution in [3.8, 4) is 11.5 Å². The van der Waals surface area contributed by atoms with E-state index in [1.807, 2.05) is 20.8 Å². The van der Waals surface area contributed by atoms with Gasteiger partial charge in [0.1, 0.15) is 17.2 Å². The topological polar surface area (TPSA) is 84.9 Å². The molecule has 2 N–H and O–H groups in total. The number of hydrogen-bond acceptors (Lipinski definition) is 4. The zero-order valence-electron chi connectivity index (χ0n) is 16.6. The lowest BCUT2D eigenvalue weighted by Gasteiger charge is -2.11. The van der Waals surface area contributed by atoms with Gasteiger partial charge in [0.05, 0.1) is 6.61 Å². The molecule has 0 saturated carbocycles. The summed E-state index contributed by atoms with van der Waals surface area (Å²) in [5.74, 6) is -0.714. The molecule has 0 bridgehead atoms. The molecule has 0 unspecified atom stereocenters. The van der Waals surface area contributed by atoms with Gasteiger partial charge in [0.15, 0.2) is 6.61 Å². The zero-order valence-corrected chi connectivity index (χ0v) is 17.4. The summed E-state index contributed by atoms with van der Waals surface area (Å²) in [5, 5.41) is 12.4. The predicted molar refractivity (Wildman–Crippen MR) is 112 cm³/mol. The molecule has 2 rings (SSSR count). The van der Waals surface area contributed by atoms with Crippen LogP contribution < -0.4 is 14.8 Å². The highest BCUT2D eigenvalue weighted by atomic mass is 35.5. The summed E-state index contributed by atoms with van der Waals surface area (Å²) in [6.45, 7) is 5.91. The highest BCUT2D eigenvalue weighted by Crippen LogP contribution is 2.25. The van der Waals surface area contributed by atoms with Crippen molar-refractivity contribution in [1.29, 1.82) is 0 Å². The van der Waals surface area contributed by atoms with Crippen LogP contribution in [0.3, 0.4) is 0 Å². The summed E-state index contributed by atoms with van der Waals surface area (Å²) in [4.78, 5) is 23.7. The lowest BCUT2D eigenvalue weighted by atomic mass is 10.1. The van der Waals surface area contributed by atoms with Crippen LogP contribution in [0.15, 0.2) is 42.1 Å². The number of carbonyl (C=O) groups is 2. The number of halogens is 1. The van der Waals surface area contributed by atoms with Gasteiger partial charge in [-0.05, 0) is 67.3 Å². The molecular formula is C22H24ClNO5. The van der Waals surface area contributed by atoms with E-state index in [-0.39, 0.29) is 12.3 Å². The van der Waals surface area contributed by atoms with Crippen molar-refractivity contribution < 1.29 is 24.2 Å². The monoisotopic (exact) mass is 417 g/mol. The van der Waals surface area contributed by atoms with Gasteiger partial charge in [-0.15, -0.1) is 0 Å². The van der Waals surface area contributed by atoms with E-state index >= 15 is 0 Å². The van der Waals surface area contributed by atoms with E-state index in [0.29, 0.717) is 28.7 Å². The van der Waals surface area contributed by atoms with Gasteiger partial charge in [0.25, 0.3) is 5.91 Å². The van der Waals surface area contributed by atoms with Crippen molar-refractivity contribution >= 4 is 29.6 Å². The maximum absolute atomic E-state index is 12.2. The molecule has 0 aliphatic carbocycles. The van der Waals surface area contributed by atoms with Gasteiger partial charge >= 0.3 is 5.97 Å². The van der Waals surface area contributed by atoms with Gasteiger partial charge < -0.3 is 19.9 Å². The molecule has 0 heterocycles. The molecule has 0 aliphatic rings. The van der Waals surface area contributed by atoms with Crippen molar-refractivity contribution in [3.63, 3.8) is 0 Å². The Bertz CT molecular complexity index is 900. The second-order valence-electron chi connectivity index (χ2n) is 6.49. The Hall–Kier alpha value is -2.99. The Labute approximate surface area is 175 Å². The van der Waals surface area contributed by atoms with Crippen molar-refractivity contribution in [2.24, 2.45) is 0 Å². The number of amides is 1. The van der Waals surface area contributed by atoms with Crippen LogP contribution in [0.25, 0.3) is 6.08 Å². The largest absolute Gasteiger partial charge is 0.494 e. The molecule has 0 fully saturated rings. The van der Waals surface area contributed by atoms with E-state index in [9.17, 15) is 14.7 Å². The first-order chi connectivity index (χ1) is 13.8. The maximum atomic E-state index is 12.2. The minimum atomic E-state index is -1.25. The first kappa shape index (κ1) is 22.3. The lowest BCUT2D eigenvalue weighted by molar-refractivity contribution is -0.134. The highest BCUT2D eigenvalue weighted by Gasteiger charge is 2.13. The summed E-state index contributed by atoms with van der Waals surface area (Å²) < 4.78 is 11.0. The molecule has 2 aromatic rings. The van der Waals surface area contributed by atoms with E-state index in [1.165, 1.54) is 6.08 Å². The van der Waals surface area contributed by atoms with Crippen LogP contribution in [0.4, 0.5) is 0 Å². The fourth-order valence-electron chi connectivity index (χ4n) is 2.56. The number of nitrogens with one attached hydrogen (secondary N) is 1. The SMILES string of the molecule is CCCOc1cccc(/C=C(/NC(=O)COc2cc(C)c(Cl)c(C)c2)C(=O)O)c1. The Morgan fingerprint density at radius 1 is 1.10 bits per heavy atom. The molecule has 0 spiro atoms. The summed E-state index contributed by atoms with van der Waals surface area (Å²) in [7, 11) is 0. The highest BCUT2D eigenvalue weighted by molar-refractivity contribution is 6.32. The molecule has 0 saturated heterocycles. The van der Waals surface area contributed by atoms with Crippen LogP contribution in [0, 0.1) is 13.8 Å². The Morgan fingerprint density at radius 3 is 2.41 bits per heavy atom. The van der Waals surface area contributed by atoms with E-state index < -0.39 is 11.9 Å².